The summed E-state index contributed by atoms with van der Waals surface area (Å²) in [5.41, 5.74) is 0. The van der Waals surface area contributed by atoms with Crippen LogP contribution in [0.1, 0.15) is 19.3 Å². The molecule has 1 heterocycles. The minimum Gasteiger partial charge on any atom is -0.199 e. The van der Waals surface area contributed by atoms with Crippen molar-refractivity contribution in [2.75, 3.05) is 13.1 Å². The Kier molecular flexibility index (Phi) is 1.66. The Morgan fingerprint density at radius 2 is 1.91 bits per heavy atom. The van der Waals surface area contributed by atoms with Gasteiger partial charge in [-0.05, 0) is 12.8 Å². The third kappa shape index (κ3) is 1.55. The highest BCUT2D eigenvalue weighted by atomic mass is 32.2. The summed E-state index contributed by atoms with van der Waals surface area (Å²) in [6.07, 6.45) is 3.17. The molecule has 1 saturated heterocycles. The van der Waals surface area contributed by atoms with Crippen LogP contribution >= 0.6 is 0 Å². The van der Waals surface area contributed by atoms with Crippen LogP contribution in [0, 0.1) is 0 Å². The van der Waals surface area contributed by atoms with Gasteiger partial charge in [0.2, 0.25) is 0 Å². The lowest BCUT2D eigenvalue weighted by atomic mass is 9.94. The molecule has 4 nitrogen and oxygen atoms in total. The topological polar surface area (TPSA) is 49.2 Å². The third-order valence-electron chi connectivity index (χ3n) is 2.17. The molecule has 0 amide bonds. The van der Waals surface area contributed by atoms with E-state index in [0.29, 0.717) is 13.1 Å². The Morgan fingerprint density at radius 3 is 2.27 bits per heavy atom. The maximum Gasteiger partial charge on any atom is 0.279 e. The van der Waals surface area contributed by atoms with Gasteiger partial charge in [0.25, 0.3) is 10.2 Å². The monoisotopic (exact) mass is 176 g/mol. The fourth-order valence-corrected chi connectivity index (χ4v) is 2.46. The second-order valence-corrected chi connectivity index (χ2v) is 4.85. The van der Waals surface area contributed by atoms with Gasteiger partial charge in [0.1, 0.15) is 0 Å². The Hall–Kier alpha value is -0.130. The van der Waals surface area contributed by atoms with Gasteiger partial charge in [-0.2, -0.15) is 17.4 Å². The molecule has 0 aromatic heterocycles. The highest BCUT2D eigenvalue weighted by Gasteiger charge is 2.34. The first-order valence-corrected chi connectivity index (χ1v) is 5.40. The van der Waals surface area contributed by atoms with Gasteiger partial charge >= 0.3 is 0 Å². The molecule has 2 rings (SSSR count). The van der Waals surface area contributed by atoms with Crippen molar-refractivity contribution in [1.29, 1.82) is 0 Å². The van der Waals surface area contributed by atoms with E-state index in [2.05, 4.69) is 4.72 Å². The van der Waals surface area contributed by atoms with Gasteiger partial charge in [-0.25, -0.2) is 0 Å². The Bertz CT molecular complexity index is 241. The van der Waals surface area contributed by atoms with Gasteiger partial charge in [0, 0.05) is 19.1 Å². The largest absolute Gasteiger partial charge is 0.279 e. The molecule has 1 aliphatic carbocycles. The molecule has 11 heavy (non-hydrogen) atoms. The Morgan fingerprint density at radius 1 is 1.27 bits per heavy atom. The van der Waals surface area contributed by atoms with Crippen LogP contribution in [-0.4, -0.2) is 31.9 Å². The zero-order chi connectivity index (χ0) is 7.90. The van der Waals surface area contributed by atoms with Crippen LogP contribution in [0.4, 0.5) is 0 Å². The molecule has 5 heteroatoms. The smallest absolute Gasteiger partial charge is 0.199 e. The first-order valence-electron chi connectivity index (χ1n) is 3.96. The summed E-state index contributed by atoms with van der Waals surface area (Å²) in [6, 6.07) is 0.223. The van der Waals surface area contributed by atoms with Crippen molar-refractivity contribution in [1.82, 2.24) is 9.03 Å². The van der Waals surface area contributed by atoms with Gasteiger partial charge in [-0.1, -0.05) is 6.42 Å². The van der Waals surface area contributed by atoms with Gasteiger partial charge in [-0.3, -0.25) is 0 Å². The van der Waals surface area contributed by atoms with Crippen LogP contribution in [0.3, 0.4) is 0 Å². The van der Waals surface area contributed by atoms with E-state index >= 15 is 0 Å². The second kappa shape index (κ2) is 2.43. The van der Waals surface area contributed by atoms with Gasteiger partial charge < -0.3 is 0 Å². The summed E-state index contributed by atoms with van der Waals surface area (Å²) < 4.78 is 26.5. The number of hydrogen-bond donors (Lipinski definition) is 1. The normalized spacial score (nSPS) is 26.5. The molecule has 1 N–H and O–H groups in total. The molecule has 0 aromatic carbocycles. The average Bonchev–Trinajstić information content (AvgIpc) is 2.58. The van der Waals surface area contributed by atoms with Crippen molar-refractivity contribution in [3.05, 3.63) is 0 Å². The summed E-state index contributed by atoms with van der Waals surface area (Å²) in [6.45, 7) is 1.39. The summed E-state index contributed by atoms with van der Waals surface area (Å²) in [4.78, 5) is 0. The van der Waals surface area contributed by atoms with Gasteiger partial charge in [0.05, 0.1) is 0 Å². The summed E-state index contributed by atoms with van der Waals surface area (Å²) in [5, 5.41) is 0. The van der Waals surface area contributed by atoms with E-state index in [4.69, 9.17) is 0 Å². The molecule has 1 aliphatic heterocycles. The molecule has 2 aliphatic rings. The second-order valence-electron chi connectivity index (χ2n) is 3.15. The molecule has 0 bridgehead atoms. The van der Waals surface area contributed by atoms with Crippen LogP contribution in [0.2, 0.25) is 0 Å². The molecule has 0 radical (unpaired) electrons. The van der Waals surface area contributed by atoms with Crippen LogP contribution < -0.4 is 4.72 Å². The molecule has 0 spiro atoms. The van der Waals surface area contributed by atoms with E-state index in [1.807, 2.05) is 0 Å². The Balaban J connectivity index is 1.92. The standard InChI is InChI=1S/C6H12N2O2S/c9-11(10,8-4-5-8)7-6-2-1-3-6/h6-7H,1-5H2. The van der Waals surface area contributed by atoms with Crippen molar-refractivity contribution in [3.8, 4) is 0 Å². The van der Waals surface area contributed by atoms with Gasteiger partial charge in [-0.15, -0.1) is 0 Å². The highest BCUT2D eigenvalue weighted by molar-refractivity contribution is 7.87. The average molecular weight is 176 g/mol. The van der Waals surface area contributed by atoms with E-state index in [1.165, 1.54) is 4.31 Å². The van der Waals surface area contributed by atoms with Crippen molar-refractivity contribution in [2.24, 2.45) is 0 Å². The van der Waals surface area contributed by atoms with Crippen molar-refractivity contribution in [2.45, 2.75) is 25.3 Å². The summed E-state index contributed by atoms with van der Waals surface area (Å²) >= 11 is 0. The minimum absolute atomic E-state index is 0.223. The predicted molar refractivity (Wildman–Crippen MR) is 41.3 cm³/mol. The fraction of sp³-hybridized carbons (Fsp3) is 1.00. The number of nitrogens with one attached hydrogen (secondary N) is 1. The fourth-order valence-electron chi connectivity index (χ4n) is 1.09. The quantitative estimate of drug-likeness (QED) is 0.600. The van der Waals surface area contributed by atoms with Crippen molar-refractivity contribution < 1.29 is 8.42 Å². The summed E-state index contributed by atoms with van der Waals surface area (Å²) in [5.74, 6) is 0. The number of rotatable bonds is 3. The van der Waals surface area contributed by atoms with Crippen LogP contribution in [0.15, 0.2) is 0 Å². The third-order valence-corrected chi connectivity index (χ3v) is 3.84. The van der Waals surface area contributed by atoms with E-state index in [0.717, 1.165) is 19.3 Å². The molecular formula is C6H12N2O2S. The molecule has 0 unspecified atom stereocenters. The van der Waals surface area contributed by atoms with E-state index in [1.54, 1.807) is 0 Å². The number of hydrogen-bond acceptors (Lipinski definition) is 2. The van der Waals surface area contributed by atoms with E-state index < -0.39 is 10.2 Å². The van der Waals surface area contributed by atoms with Crippen LogP contribution in [0.25, 0.3) is 0 Å². The predicted octanol–water partition coefficient (Wildman–Crippen LogP) is -0.311. The number of nitrogens with zero attached hydrogens (tertiary/aromatic N) is 1. The summed E-state index contributed by atoms with van der Waals surface area (Å²) in [7, 11) is -3.06. The lowest BCUT2D eigenvalue weighted by Gasteiger charge is -2.25. The molecular weight excluding hydrogens is 164 g/mol. The van der Waals surface area contributed by atoms with E-state index in [-0.39, 0.29) is 6.04 Å². The molecule has 1 saturated carbocycles. The highest BCUT2D eigenvalue weighted by Crippen LogP contribution is 2.21. The lowest BCUT2D eigenvalue weighted by Crippen LogP contribution is -2.42. The molecule has 2 fully saturated rings. The first kappa shape index (κ1) is 7.52. The van der Waals surface area contributed by atoms with Crippen LogP contribution in [0.5, 0.6) is 0 Å². The molecule has 0 aromatic rings. The van der Waals surface area contributed by atoms with Crippen LogP contribution in [-0.2, 0) is 10.2 Å². The maximum absolute atomic E-state index is 11.2. The first-order chi connectivity index (χ1) is 5.18. The van der Waals surface area contributed by atoms with Crippen molar-refractivity contribution >= 4 is 10.2 Å². The van der Waals surface area contributed by atoms with Gasteiger partial charge in [0.15, 0.2) is 0 Å². The zero-order valence-corrected chi connectivity index (χ0v) is 7.10. The maximum atomic E-state index is 11.2. The SMILES string of the molecule is O=S(=O)(NC1CCC1)N1CC1. The minimum atomic E-state index is -3.06. The molecule has 64 valence electrons. The Labute approximate surface area is 66.8 Å². The zero-order valence-electron chi connectivity index (χ0n) is 6.28. The lowest BCUT2D eigenvalue weighted by molar-refractivity contribution is 0.378. The van der Waals surface area contributed by atoms with E-state index in [9.17, 15) is 8.42 Å². The molecule has 0 atom stereocenters. The van der Waals surface area contributed by atoms with Crippen molar-refractivity contribution in [3.63, 3.8) is 0 Å².